The van der Waals surface area contributed by atoms with E-state index in [4.69, 9.17) is 0 Å². The molecule has 0 aliphatic carbocycles. The Hall–Kier alpha value is -2.42. The molecule has 0 aromatic heterocycles. The number of aliphatic hydroxyl groups is 2. The Morgan fingerprint density at radius 2 is 0.917 bits per heavy atom. The van der Waals surface area contributed by atoms with E-state index in [2.05, 4.69) is 0 Å². The van der Waals surface area contributed by atoms with Gasteiger partial charge in [0.2, 0.25) is 0 Å². The Morgan fingerprint density at radius 1 is 0.542 bits per heavy atom. The summed E-state index contributed by atoms with van der Waals surface area (Å²) in [7, 11) is 0. The number of rotatable bonds is 6. The molecule has 0 amide bonds. The molecule has 0 spiro atoms. The van der Waals surface area contributed by atoms with Crippen LogP contribution in [-0.4, -0.2) is 10.2 Å². The molecule has 3 rings (SSSR count). The maximum atomic E-state index is 10.9. The quantitative estimate of drug-likeness (QED) is 0.711. The van der Waals surface area contributed by atoms with Gasteiger partial charge < -0.3 is 10.2 Å². The van der Waals surface area contributed by atoms with Gasteiger partial charge in [0, 0.05) is 5.92 Å². The first kappa shape index (κ1) is 16.4. The Labute approximate surface area is 143 Å². The number of aliphatic hydroxyl groups excluding tert-OH is 2. The summed E-state index contributed by atoms with van der Waals surface area (Å²) in [6.45, 7) is 0. The van der Waals surface area contributed by atoms with Crippen molar-refractivity contribution in [3.63, 3.8) is 0 Å². The van der Waals surface area contributed by atoms with Crippen LogP contribution in [0.2, 0.25) is 0 Å². The van der Waals surface area contributed by atoms with Gasteiger partial charge in [0.15, 0.2) is 0 Å². The largest absolute Gasteiger partial charge is 0.388 e. The van der Waals surface area contributed by atoms with Crippen molar-refractivity contribution in [3.05, 3.63) is 108 Å². The first-order chi connectivity index (χ1) is 11.8. The SMILES string of the molecule is O[C@H](c1ccccc1)C(Cc1ccccc1)[C@H](O)c1ccccc1. The van der Waals surface area contributed by atoms with Crippen molar-refractivity contribution in [2.75, 3.05) is 0 Å². The van der Waals surface area contributed by atoms with Gasteiger partial charge in [0.25, 0.3) is 0 Å². The van der Waals surface area contributed by atoms with E-state index in [-0.39, 0.29) is 5.92 Å². The third-order valence-corrected chi connectivity index (χ3v) is 4.41. The van der Waals surface area contributed by atoms with Crippen LogP contribution in [0, 0.1) is 5.92 Å². The monoisotopic (exact) mass is 318 g/mol. The maximum Gasteiger partial charge on any atom is 0.0849 e. The van der Waals surface area contributed by atoms with Gasteiger partial charge in [-0.05, 0) is 23.1 Å². The fourth-order valence-corrected chi connectivity index (χ4v) is 3.08. The Kier molecular flexibility index (Phi) is 5.42. The second-order valence-electron chi connectivity index (χ2n) is 6.06. The third kappa shape index (κ3) is 3.91. The van der Waals surface area contributed by atoms with Gasteiger partial charge in [-0.25, -0.2) is 0 Å². The highest BCUT2D eigenvalue weighted by molar-refractivity contribution is 5.24. The summed E-state index contributed by atoms with van der Waals surface area (Å²) in [5, 5.41) is 21.8. The molecule has 0 fully saturated rings. The molecule has 0 heterocycles. The van der Waals surface area contributed by atoms with Crippen LogP contribution >= 0.6 is 0 Å². The van der Waals surface area contributed by atoms with E-state index in [1.54, 1.807) is 0 Å². The number of benzene rings is 3. The standard InChI is InChI=1S/C22H22O2/c23-21(18-12-6-2-7-13-18)20(16-17-10-4-1-5-11-17)22(24)19-14-8-3-9-15-19/h1-15,20-24H,16H2/t21-,22-/m1/s1. The van der Waals surface area contributed by atoms with Gasteiger partial charge in [-0.1, -0.05) is 91.0 Å². The molecule has 0 bridgehead atoms. The Bertz CT molecular complexity index is 680. The lowest BCUT2D eigenvalue weighted by molar-refractivity contribution is 0.00998. The molecule has 3 aromatic rings. The second-order valence-corrected chi connectivity index (χ2v) is 6.06. The van der Waals surface area contributed by atoms with Crippen molar-refractivity contribution in [2.24, 2.45) is 5.92 Å². The molecule has 0 radical (unpaired) electrons. The summed E-state index contributed by atoms with van der Waals surface area (Å²) in [6.07, 6.45) is -0.865. The fourth-order valence-electron chi connectivity index (χ4n) is 3.08. The fraction of sp³-hybridized carbons (Fsp3) is 0.182. The zero-order valence-electron chi connectivity index (χ0n) is 13.5. The molecule has 122 valence electrons. The van der Waals surface area contributed by atoms with Gasteiger partial charge in [-0.3, -0.25) is 0 Å². The van der Waals surface area contributed by atoms with Crippen LogP contribution in [0.5, 0.6) is 0 Å². The summed E-state index contributed by atoms with van der Waals surface area (Å²) in [5.41, 5.74) is 2.76. The van der Waals surface area contributed by atoms with Crippen LogP contribution < -0.4 is 0 Å². The van der Waals surface area contributed by atoms with Crippen LogP contribution in [0.3, 0.4) is 0 Å². The average molecular weight is 318 g/mol. The Morgan fingerprint density at radius 3 is 1.33 bits per heavy atom. The maximum absolute atomic E-state index is 10.9. The molecule has 0 aliphatic heterocycles. The van der Waals surface area contributed by atoms with E-state index in [0.29, 0.717) is 6.42 Å². The van der Waals surface area contributed by atoms with Crippen LogP contribution in [0.1, 0.15) is 28.9 Å². The molecule has 2 nitrogen and oxygen atoms in total. The first-order valence-electron chi connectivity index (χ1n) is 8.25. The van der Waals surface area contributed by atoms with Crippen LogP contribution in [0.4, 0.5) is 0 Å². The van der Waals surface area contributed by atoms with Crippen molar-refractivity contribution in [1.82, 2.24) is 0 Å². The van der Waals surface area contributed by atoms with Crippen LogP contribution in [0.15, 0.2) is 91.0 Å². The second kappa shape index (κ2) is 7.91. The van der Waals surface area contributed by atoms with Gasteiger partial charge in [-0.15, -0.1) is 0 Å². The summed E-state index contributed by atoms with van der Waals surface area (Å²) in [4.78, 5) is 0. The topological polar surface area (TPSA) is 40.5 Å². The summed E-state index contributed by atoms with van der Waals surface area (Å²) in [6, 6.07) is 29.1. The van der Waals surface area contributed by atoms with E-state index < -0.39 is 12.2 Å². The lowest BCUT2D eigenvalue weighted by Gasteiger charge is -2.28. The molecule has 2 atom stereocenters. The molecule has 0 saturated heterocycles. The first-order valence-corrected chi connectivity index (χ1v) is 8.25. The van der Waals surface area contributed by atoms with Gasteiger partial charge >= 0.3 is 0 Å². The third-order valence-electron chi connectivity index (χ3n) is 4.41. The molecule has 2 heteroatoms. The minimum absolute atomic E-state index is 0.322. The lowest BCUT2D eigenvalue weighted by Crippen LogP contribution is -2.23. The van der Waals surface area contributed by atoms with Crippen LogP contribution in [0.25, 0.3) is 0 Å². The van der Waals surface area contributed by atoms with Crippen LogP contribution in [-0.2, 0) is 6.42 Å². The smallest absolute Gasteiger partial charge is 0.0849 e. The Balaban J connectivity index is 1.91. The van der Waals surface area contributed by atoms with Gasteiger partial charge in [0.1, 0.15) is 0 Å². The predicted octanol–water partition coefficient (Wildman–Crippen LogP) is 4.31. The zero-order chi connectivity index (χ0) is 16.8. The van der Waals surface area contributed by atoms with E-state index in [0.717, 1.165) is 16.7 Å². The molecule has 0 saturated carbocycles. The highest BCUT2D eigenvalue weighted by Crippen LogP contribution is 2.35. The van der Waals surface area contributed by atoms with E-state index in [1.165, 1.54) is 0 Å². The van der Waals surface area contributed by atoms with Crippen molar-refractivity contribution in [2.45, 2.75) is 18.6 Å². The molecular formula is C22H22O2. The molecule has 0 aliphatic rings. The molecule has 24 heavy (non-hydrogen) atoms. The van der Waals surface area contributed by atoms with Gasteiger partial charge in [0.05, 0.1) is 12.2 Å². The predicted molar refractivity (Wildman–Crippen MR) is 96.4 cm³/mol. The highest BCUT2D eigenvalue weighted by Gasteiger charge is 2.29. The van der Waals surface area contributed by atoms with Crippen molar-refractivity contribution < 1.29 is 10.2 Å². The summed E-state index contributed by atoms with van der Waals surface area (Å²) < 4.78 is 0. The minimum Gasteiger partial charge on any atom is -0.388 e. The lowest BCUT2D eigenvalue weighted by atomic mass is 9.83. The highest BCUT2D eigenvalue weighted by atomic mass is 16.3. The number of hydrogen-bond acceptors (Lipinski definition) is 2. The minimum atomic E-state index is -0.735. The number of hydrogen-bond donors (Lipinski definition) is 2. The van der Waals surface area contributed by atoms with E-state index >= 15 is 0 Å². The molecule has 0 unspecified atom stereocenters. The van der Waals surface area contributed by atoms with Crippen molar-refractivity contribution in [3.8, 4) is 0 Å². The van der Waals surface area contributed by atoms with E-state index in [9.17, 15) is 10.2 Å². The zero-order valence-corrected chi connectivity index (χ0v) is 13.5. The normalized spacial score (nSPS) is 13.6. The molecule has 3 aromatic carbocycles. The average Bonchev–Trinajstić information content (AvgIpc) is 2.67. The van der Waals surface area contributed by atoms with Crippen molar-refractivity contribution in [1.29, 1.82) is 0 Å². The van der Waals surface area contributed by atoms with Gasteiger partial charge in [-0.2, -0.15) is 0 Å². The summed E-state index contributed by atoms with van der Waals surface area (Å²) in [5.74, 6) is -0.322. The summed E-state index contributed by atoms with van der Waals surface area (Å²) >= 11 is 0. The van der Waals surface area contributed by atoms with E-state index in [1.807, 2.05) is 91.0 Å². The molecule has 2 N–H and O–H groups in total. The molecular weight excluding hydrogens is 296 g/mol. The van der Waals surface area contributed by atoms with Crippen molar-refractivity contribution >= 4 is 0 Å².